The molecule has 0 spiro atoms. The first-order valence-corrected chi connectivity index (χ1v) is 7.76. The molecule has 0 radical (unpaired) electrons. The molecule has 0 aliphatic rings. The second-order valence-corrected chi connectivity index (χ2v) is 6.27. The van der Waals surface area contributed by atoms with Gasteiger partial charge >= 0.3 is 0 Å². The Kier molecular flexibility index (Phi) is 5.37. The maximum Gasteiger partial charge on any atom is 0.233 e. The molecule has 1 atom stereocenters. The van der Waals surface area contributed by atoms with Gasteiger partial charge in [-0.15, -0.1) is 10.2 Å². The number of nitrogens with one attached hydrogen (secondary N) is 1. The summed E-state index contributed by atoms with van der Waals surface area (Å²) in [7, 11) is 1.57. The molecule has 1 unspecified atom stereocenters. The molecule has 0 bridgehead atoms. The lowest BCUT2D eigenvalue weighted by molar-refractivity contribution is -0.120. The second-order valence-electron chi connectivity index (χ2n) is 4.97. The van der Waals surface area contributed by atoms with Crippen LogP contribution in [0.5, 0.6) is 5.88 Å². The minimum atomic E-state index is -0.267. The van der Waals surface area contributed by atoms with Crippen molar-refractivity contribution in [1.82, 2.24) is 25.1 Å². The molecule has 0 fully saturated rings. The number of thioether (sulfide) groups is 1. The van der Waals surface area contributed by atoms with Crippen molar-refractivity contribution < 1.29 is 9.53 Å². The van der Waals surface area contributed by atoms with Crippen molar-refractivity contribution in [2.24, 2.45) is 0 Å². The molecule has 0 saturated heterocycles. The van der Waals surface area contributed by atoms with Crippen LogP contribution in [0.4, 0.5) is 0 Å². The lowest BCUT2D eigenvalue weighted by atomic mass is 10.3. The summed E-state index contributed by atoms with van der Waals surface area (Å²) >= 11 is 1.35. The Bertz CT molecular complexity index is 626. The summed E-state index contributed by atoms with van der Waals surface area (Å²) in [4.78, 5) is 16.2. The van der Waals surface area contributed by atoms with Crippen molar-refractivity contribution in [1.29, 1.82) is 0 Å². The van der Waals surface area contributed by atoms with Gasteiger partial charge in [0.2, 0.25) is 11.8 Å². The van der Waals surface area contributed by atoms with Gasteiger partial charge in [-0.2, -0.15) is 0 Å². The summed E-state index contributed by atoms with van der Waals surface area (Å²) in [6, 6.07) is 3.73. The van der Waals surface area contributed by atoms with E-state index >= 15 is 0 Å². The van der Waals surface area contributed by atoms with Crippen LogP contribution in [-0.4, -0.2) is 44.1 Å². The van der Waals surface area contributed by atoms with E-state index in [1.807, 2.05) is 26.8 Å². The fourth-order valence-electron chi connectivity index (χ4n) is 1.73. The molecule has 118 valence electrons. The van der Waals surface area contributed by atoms with Gasteiger partial charge in [0.25, 0.3) is 0 Å². The topological polar surface area (TPSA) is 81.9 Å². The minimum Gasteiger partial charge on any atom is -0.481 e. The Morgan fingerprint density at radius 1 is 1.36 bits per heavy atom. The molecule has 2 rings (SSSR count). The Labute approximate surface area is 133 Å². The van der Waals surface area contributed by atoms with Gasteiger partial charge in [-0.05, 0) is 26.8 Å². The molecule has 2 heterocycles. The van der Waals surface area contributed by atoms with Gasteiger partial charge in [0, 0.05) is 12.1 Å². The largest absolute Gasteiger partial charge is 0.481 e. The molecule has 22 heavy (non-hydrogen) atoms. The van der Waals surface area contributed by atoms with Crippen LogP contribution in [-0.2, 0) is 4.79 Å². The molecule has 0 saturated carbocycles. The van der Waals surface area contributed by atoms with E-state index in [1.165, 1.54) is 11.8 Å². The maximum atomic E-state index is 12.0. The molecule has 2 aromatic heterocycles. The molecule has 0 aliphatic heterocycles. The third kappa shape index (κ3) is 3.97. The van der Waals surface area contributed by atoms with E-state index in [-0.39, 0.29) is 17.2 Å². The van der Waals surface area contributed by atoms with E-state index < -0.39 is 0 Å². The van der Waals surface area contributed by atoms with Crippen molar-refractivity contribution >= 4 is 17.7 Å². The fourth-order valence-corrected chi connectivity index (χ4v) is 2.58. The molecule has 0 aromatic carbocycles. The number of carbonyl (C=O) groups excluding carboxylic acids is 1. The number of hydrogen-bond donors (Lipinski definition) is 1. The molecule has 7 nitrogen and oxygen atoms in total. The van der Waals surface area contributed by atoms with Crippen LogP contribution >= 0.6 is 11.8 Å². The highest BCUT2D eigenvalue weighted by atomic mass is 32.2. The quantitative estimate of drug-likeness (QED) is 0.815. The van der Waals surface area contributed by atoms with Gasteiger partial charge in [-0.25, -0.2) is 4.98 Å². The summed E-state index contributed by atoms with van der Waals surface area (Å²) in [5.74, 6) is 0.512. The molecule has 0 aliphatic carbocycles. The standard InChI is InChI=1S/C14H19N5O2S/c1-9(2)17-13(20)10(3)22-14-18-16-8-19(14)11-5-6-12(21-4)15-7-11/h5-10H,1-4H3,(H,17,20). The molecule has 2 aromatic rings. The van der Waals surface area contributed by atoms with E-state index in [0.29, 0.717) is 11.0 Å². The summed E-state index contributed by atoms with van der Waals surface area (Å²) < 4.78 is 6.83. The second kappa shape index (κ2) is 7.26. The SMILES string of the molecule is COc1ccc(-n2cnnc2SC(C)C(=O)NC(C)C)cn1. The Morgan fingerprint density at radius 3 is 2.73 bits per heavy atom. The molecule has 1 N–H and O–H groups in total. The smallest absolute Gasteiger partial charge is 0.233 e. The van der Waals surface area contributed by atoms with Crippen molar-refractivity contribution in [2.45, 2.75) is 37.2 Å². The number of aromatic nitrogens is 4. The fraction of sp³-hybridized carbons (Fsp3) is 0.429. The van der Waals surface area contributed by atoms with Crippen molar-refractivity contribution in [3.8, 4) is 11.6 Å². The maximum absolute atomic E-state index is 12.0. The zero-order valence-corrected chi connectivity index (χ0v) is 13.8. The highest BCUT2D eigenvalue weighted by Crippen LogP contribution is 2.24. The Morgan fingerprint density at radius 2 is 2.14 bits per heavy atom. The Hall–Kier alpha value is -2.09. The minimum absolute atomic E-state index is 0.0256. The van der Waals surface area contributed by atoms with Crippen LogP contribution in [0.15, 0.2) is 29.8 Å². The van der Waals surface area contributed by atoms with Gasteiger partial charge in [0.05, 0.1) is 24.2 Å². The lowest BCUT2D eigenvalue weighted by Gasteiger charge is -2.14. The third-order valence-corrected chi connectivity index (χ3v) is 3.86. The zero-order valence-electron chi connectivity index (χ0n) is 13.0. The van der Waals surface area contributed by atoms with Crippen LogP contribution < -0.4 is 10.1 Å². The monoisotopic (exact) mass is 321 g/mol. The van der Waals surface area contributed by atoms with Crippen molar-refractivity contribution in [3.63, 3.8) is 0 Å². The summed E-state index contributed by atoms with van der Waals surface area (Å²) in [5.41, 5.74) is 0.810. The number of nitrogens with zero attached hydrogens (tertiary/aromatic N) is 4. The third-order valence-electron chi connectivity index (χ3n) is 2.81. The van der Waals surface area contributed by atoms with E-state index in [2.05, 4.69) is 20.5 Å². The first-order chi connectivity index (χ1) is 10.5. The van der Waals surface area contributed by atoms with E-state index in [0.717, 1.165) is 5.69 Å². The van der Waals surface area contributed by atoms with Gasteiger partial charge < -0.3 is 10.1 Å². The summed E-state index contributed by atoms with van der Waals surface area (Å²) in [6.45, 7) is 5.70. The van der Waals surface area contributed by atoms with Crippen LogP contribution in [0.2, 0.25) is 0 Å². The van der Waals surface area contributed by atoms with Crippen LogP contribution in [0, 0.1) is 0 Å². The number of carbonyl (C=O) groups is 1. The normalized spacial score (nSPS) is 12.2. The summed E-state index contributed by atoms with van der Waals surface area (Å²) in [6.07, 6.45) is 3.27. The number of amides is 1. The van der Waals surface area contributed by atoms with Gasteiger partial charge in [-0.1, -0.05) is 11.8 Å². The predicted molar refractivity (Wildman–Crippen MR) is 84.3 cm³/mol. The highest BCUT2D eigenvalue weighted by molar-refractivity contribution is 8.00. The van der Waals surface area contributed by atoms with E-state index in [4.69, 9.17) is 4.74 Å². The molecular formula is C14H19N5O2S. The number of rotatable bonds is 6. The Balaban J connectivity index is 2.13. The molecule has 8 heteroatoms. The molecular weight excluding hydrogens is 302 g/mol. The summed E-state index contributed by atoms with van der Waals surface area (Å²) in [5, 5.41) is 11.2. The van der Waals surface area contributed by atoms with Gasteiger partial charge in [-0.3, -0.25) is 9.36 Å². The van der Waals surface area contributed by atoms with Crippen LogP contribution in [0.3, 0.4) is 0 Å². The van der Waals surface area contributed by atoms with Crippen LogP contribution in [0.25, 0.3) is 5.69 Å². The average molecular weight is 321 g/mol. The van der Waals surface area contributed by atoms with Crippen molar-refractivity contribution in [2.75, 3.05) is 7.11 Å². The van der Waals surface area contributed by atoms with Crippen molar-refractivity contribution in [3.05, 3.63) is 24.7 Å². The number of ether oxygens (including phenoxy) is 1. The molecule has 1 amide bonds. The van der Waals surface area contributed by atoms with Crippen LogP contribution in [0.1, 0.15) is 20.8 Å². The number of methoxy groups -OCH3 is 1. The first kappa shape index (κ1) is 16.3. The van der Waals surface area contributed by atoms with Gasteiger partial charge in [0.15, 0.2) is 5.16 Å². The number of hydrogen-bond acceptors (Lipinski definition) is 6. The van der Waals surface area contributed by atoms with Gasteiger partial charge in [0.1, 0.15) is 6.33 Å². The van der Waals surface area contributed by atoms with E-state index in [1.54, 1.807) is 30.3 Å². The number of pyridine rings is 1. The zero-order chi connectivity index (χ0) is 16.1. The lowest BCUT2D eigenvalue weighted by Crippen LogP contribution is -2.36. The predicted octanol–water partition coefficient (Wildman–Crippen LogP) is 1.68. The average Bonchev–Trinajstić information content (AvgIpc) is 2.94. The first-order valence-electron chi connectivity index (χ1n) is 6.88. The van der Waals surface area contributed by atoms with E-state index in [9.17, 15) is 4.79 Å². The highest BCUT2D eigenvalue weighted by Gasteiger charge is 2.19.